The van der Waals surface area contributed by atoms with E-state index in [4.69, 9.17) is 4.42 Å². The number of para-hydroxylation sites is 1. The summed E-state index contributed by atoms with van der Waals surface area (Å²) in [5, 5.41) is 7.27. The van der Waals surface area contributed by atoms with Gasteiger partial charge in [0.05, 0.1) is 5.69 Å². The monoisotopic (exact) mass is 739 g/mol. The minimum Gasteiger partial charge on any atom is -0.456 e. The van der Waals surface area contributed by atoms with Crippen LogP contribution in [-0.4, -0.2) is 0 Å². The first kappa shape index (κ1) is 33.6. The summed E-state index contributed by atoms with van der Waals surface area (Å²) < 4.78 is 6.28. The molecule has 0 aliphatic rings. The van der Waals surface area contributed by atoms with Gasteiger partial charge in [-0.3, -0.25) is 0 Å². The van der Waals surface area contributed by atoms with E-state index in [1.807, 2.05) is 12.1 Å². The van der Waals surface area contributed by atoms with E-state index in [1.165, 1.54) is 43.8 Å². The number of hydrogen-bond acceptors (Lipinski definition) is 2. The fraction of sp³-hybridized carbons (Fsp3) is 0. The molecule has 10 aromatic carbocycles. The summed E-state index contributed by atoms with van der Waals surface area (Å²) in [6, 6.07) is 80.8. The molecule has 0 N–H and O–H groups in total. The van der Waals surface area contributed by atoms with E-state index in [0.717, 1.165) is 61.3 Å². The number of benzene rings is 10. The van der Waals surface area contributed by atoms with Crippen LogP contribution in [0, 0.1) is 0 Å². The van der Waals surface area contributed by atoms with E-state index < -0.39 is 0 Å². The summed E-state index contributed by atoms with van der Waals surface area (Å²) in [7, 11) is 0. The first-order valence-corrected chi connectivity index (χ1v) is 19.8. The average molecular weight is 740 g/mol. The summed E-state index contributed by atoms with van der Waals surface area (Å²) in [6.45, 7) is 0. The third kappa shape index (κ3) is 5.91. The van der Waals surface area contributed by atoms with Crippen LogP contribution in [-0.2, 0) is 0 Å². The molecule has 0 bridgehead atoms. The fourth-order valence-corrected chi connectivity index (χ4v) is 8.61. The molecule has 0 aliphatic carbocycles. The smallest absolute Gasteiger partial charge is 0.136 e. The normalized spacial score (nSPS) is 11.4. The van der Waals surface area contributed by atoms with Crippen molar-refractivity contribution in [1.29, 1.82) is 0 Å². The van der Waals surface area contributed by atoms with Crippen LogP contribution in [0.4, 0.5) is 17.1 Å². The van der Waals surface area contributed by atoms with Crippen molar-refractivity contribution in [1.82, 2.24) is 0 Å². The maximum Gasteiger partial charge on any atom is 0.136 e. The molecule has 0 atom stereocenters. The molecule has 0 saturated heterocycles. The zero-order chi connectivity index (χ0) is 38.4. The molecular weight excluding hydrogens is 703 g/mol. The summed E-state index contributed by atoms with van der Waals surface area (Å²) in [4.78, 5) is 2.41. The van der Waals surface area contributed by atoms with Gasteiger partial charge in [0.15, 0.2) is 0 Å². The second kappa shape index (κ2) is 14.1. The van der Waals surface area contributed by atoms with Gasteiger partial charge in [-0.15, -0.1) is 0 Å². The van der Waals surface area contributed by atoms with Gasteiger partial charge in [0.25, 0.3) is 0 Å². The number of hydrogen-bond donors (Lipinski definition) is 0. The van der Waals surface area contributed by atoms with Gasteiger partial charge in [-0.25, -0.2) is 0 Å². The lowest BCUT2D eigenvalue weighted by atomic mass is 9.91. The largest absolute Gasteiger partial charge is 0.456 e. The number of nitrogens with zero attached hydrogens (tertiary/aromatic N) is 1. The van der Waals surface area contributed by atoms with Crippen LogP contribution in [0.5, 0.6) is 0 Å². The molecule has 0 fully saturated rings. The van der Waals surface area contributed by atoms with Crippen molar-refractivity contribution < 1.29 is 4.42 Å². The lowest BCUT2D eigenvalue weighted by Gasteiger charge is -2.29. The van der Waals surface area contributed by atoms with Crippen molar-refractivity contribution in [3.8, 4) is 44.5 Å². The fourth-order valence-electron chi connectivity index (χ4n) is 8.61. The first-order chi connectivity index (χ1) is 28.7. The molecule has 272 valence electrons. The van der Waals surface area contributed by atoms with Gasteiger partial charge in [0.1, 0.15) is 11.2 Å². The van der Waals surface area contributed by atoms with E-state index in [9.17, 15) is 0 Å². The van der Waals surface area contributed by atoms with Crippen LogP contribution in [0.25, 0.3) is 88.0 Å². The van der Waals surface area contributed by atoms with Crippen LogP contribution in [0.2, 0.25) is 0 Å². The average Bonchev–Trinajstić information content (AvgIpc) is 3.68. The molecule has 1 aromatic heterocycles. The van der Waals surface area contributed by atoms with Gasteiger partial charge in [-0.05, 0) is 115 Å². The highest BCUT2D eigenvalue weighted by Gasteiger charge is 2.20. The van der Waals surface area contributed by atoms with Crippen LogP contribution in [0.3, 0.4) is 0 Å². The molecule has 0 aliphatic heterocycles. The summed E-state index contributed by atoms with van der Waals surface area (Å²) >= 11 is 0. The molecule has 1 heterocycles. The molecule has 11 aromatic rings. The Balaban J connectivity index is 1.10. The van der Waals surface area contributed by atoms with Crippen molar-refractivity contribution in [3.05, 3.63) is 224 Å². The van der Waals surface area contributed by atoms with E-state index in [0.29, 0.717) is 0 Å². The Morgan fingerprint density at radius 3 is 1.52 bits per heavy atom. The predicted molar refractivity (Wildman–Crippen MR) is 245 cm³/mol. The van der Waals surface area contributed by atoms with E-state index >= 15 is 0 Å². The maximum absolute atomic E-state index is 6.28. The van der Waals surface area contributed by atoms with Gasteiger partial charge >= 0.3 is 0 Å². The highest BCUT2D eigenvalue weighted by molar-refractivity contribution is 6.14. The van der Waals surface area contributed by atoms with Gasteiger partial charge in [-0.1, -0.05) is 170 Å². The Morgan fingerprint density at radius 1 is 0.276 bits per heavy atom. The zero-order valence-corrected chi connectivity index (χ0v) is 31.7. The highest BCUT2D eigenvalue weighted by atomic mass is 16.3. The predicted octanol–water partition coefficient (Wildman–Crippen LogP) is 16.0. The summed E-state index contributed by atoms with van der Waals surface area (Å²) in [5.41, 5.74) is 14.4. The zero-order valence-electron chi connectivity index (χ0n) is 31.7. The Kier molecular flexibility index (Phi) is 8.19. The summed E-state index contributed by atoms with van der Waals surface area (Å²) in [6.07, 6.45) is 0. The third-order valence-electron chi connectivity index (χ3n) is 11.5. The van der Waals surface area contributed by atoms with Gasteiger partial charge in [-0.2, -0.15) is 0 Å². The molecule has 11 rings (SSSR count). The van der Waals surface area contributed by atoms with Crippen LogP contribution < -0.4 is 4.90 Å². The lowest BCUT2D eigenvalue weighted by molar-refractivity contribution is 0.669. The van der Waals surface area contributed by atoms with Crippen LogP contribution in [0.15, 0.2) is 229 Å². The molecule has 0 saturated carbocycles. The van der Waals surface area contributed by atoms with Gasteiger partial charge in [0, 0.05) is 27.7 Å². The lowest BCUT2D eigenvalue weighted by Crippen LogP contribution is -2.11. The number of fused-ring (bicyclic) bond motifs is 6. The second-order valence-corrected chi connectivity index (χ2v) is 14.9. The van der Waals surface area contributed by atoms with Crippen molar-refractivity contribution in [2.45, 2.75) is 0 Å². The molecule has 58 heavy (non-hydrogen) atoms. The van der Waals surface area contributed by atoms with Gasteiger partial charge < -0.3 is 9.32 Å². The highest BCUT2D eigenvalue weighted by Crippen LogP contribution is 2.45. The van der Waals surface area contributed by atoms with Crippen molar-refractivity contribution in [2.24, 2.45) is 0 Å². The van der Waals surface area contributed by atoms with Crippen molar-refractivity contribution >= 4 is 60.5 Å². The molecule has 0 radical (unpaired) electrons. The molecular formula is C56H37NO. The minimum absolute atomic E-state index is 0.897. The van der Waals surface area contributed by atoms with Crippen LogP contribution in [0.1, 0.15) is 0 Å². The Bertz CT molecular complexity index is 3250. The van der Waals surface area contributed by atoms with E-state index in [2.05, 4.69) is 217 Å². The van der Waals surface area contributed by atoms with E-state index in [-0.39, 0.29) is 0 Å². The second-order valence-electron chi connectivity index (χ2n) is 14.9. The first-order valence-electron chi connectivity index (χ1n) is 19.8. The minimum atomic E-state index is 0.897. The molecule has 2 heteroatoms. The number of rotatable bonds is 7. The quantitative estimate of drug-likeness (QED) is 0.151. The molecule has 0 amide bonds. The third-order valence-corrected chi connectivity index (χ3v) is 11.5. The maximum atomic E-state index is 6.28. The molecule has 2 nitrogen and oxygen atoms in total. The van der Waals surface area contributed by atoms with Crippen molar-refractivity contribution in [2.75, 3.05) is 4.90 Å². The standard InChI is InChI=1S/C56H37NO/c1-3-13-38(14-4-1)39-23-29-45(30-24-39)57(46-31-25-40(26-32-46)42-27-34-52-51-21-11-12-22-55(51)58-56(52)37-42)54-36-44(28-33-48(54)41-15-5-2-6-16-41)53-35-43-17-7-8-18-47(43)49-19-9-10-20-50(49)53/h1-37H. The van der Waals surface area contributed by atoms with E-state index in [1.54, 1.807) is 0 Å². The molecule has 0 spiro atoms. The Morgan fingerprint density at radius 2 is 0.793 bits per heavy atom. The van der Waals surface area contributed by atoms with Crippen molar-refractivity contribution in [3.63, 3.8) is 0 Å². The van der Waals surface area contributed by atoms with Gasteiger partial charge in [0.2, 0.25) is 0 Å². The Labute approximate surface area is 337 Å². The SMILES string of the molecule is c1ccc(-c2ccc(N(c3ccc(-c4ccc5c(c4)oc4ccccc45)cc3)c3cc(-c4cc5ccccc5c5ccccc45)ccc3-c3ccccc3)cc2)cc1. The topological polar surface area (TPSA) is 16.4 Å². The number of furan rings is 1. The van der Waals surface area contributed by atoms with Crippen LogP contribution >= 0.6 is 0 Å². The Hall–Kier alpha value is -7.68. The summed E-state index contributed by atoms with van der Waals surface area (Å²) in [5.74, 6) is 0. The molecule has 0 unspecified atom stereocenters. The number of anilines is 3.